The summed E-state index contributed by atoms with van der Waals surface area (Å²) < 4.78 is 51.1. The van der Waals surface area contributed by atoms with Crippen LogP contribution in [0.4, 0.5) is 13.2 Å². The molecule has 0 unspecified atom stereocenters. The van der Waals surface area contributed by atoms with Crippen LogP contribution in [0.15, 0.2) is 45.0 Å². The highest BCUT2D eigenvalue weighted by molar-refractivity contribution is 7.99. The molecule has 0 bridgehead atoms. The average Bonchev–Trinajstić information content (AvgIpc) is 3.28. The maximum atomic E-state index is 13.1. The van der Waals surface area contributed by atoms with Gasteiger partial charge in [-0.1, -0.05) is 30.3 Å². The van der Waals surface area contributed by atoms with Gasteiger partial charge in [-0.2, -0.15) is 22.9 Å². The molecular weight excluding hydrogens is 429 g/mol. The van der Waals surface area contributed by atoms with E-state index >= 15 is 0 Å². The number of nitrogens with zero attached hydrogens (tertiary/aromatic N) is 4. The van der Waals surface area contributed by atoms with E-state index in [1.54, 1.807) is 37.3 Å². The number of thioether (sulfide) groups is 1. The third-order valence-corrected chi connectivity index (χ3v) is 4.86. The summed E-state index contributed by atoms with van der Waals surface area (Å²) in [5.41, 5.74) is 0.881. The molecule has 0 N–H and O–H groups in total. The fraction of sp³-hybridized carbons (Fsp3) is 0.278. The van der Waals surface area contributed by atoms with Crippen LogP contribution in [0.1, 0.15) is 29.8 Å². The number of aromatic nitrogens is 3. The van der Waals surface area contributed by atoms with Gasteiger partial charge in [-0.05, 0) is 48.6 Å². The van der Waals surface area contributed by atoms with E-state index < -0.39 is 12.0 Å². The minimum absolute atomic E-state index is 0.0456. The molecule has 6 nitrogen and oxygen atoms in total. The molecule has 1 aromatic carbocycles. The number of alkyl halides is 3. The highest BCUT2D eigenvalue weighted by Crippen LogP contribution is 2.30. The lowest BCUT2D eigenvalue weighted by Crippen LogP contribution is -2.13. The lowest BCUT2D eigenvalue weighted by molar-refractivity contribution is -0.147. The number of furan rings is 1. The van der Waals surface area contributed by atoms with Crippen LogP contribution >= 0.6 is 23.4 Å². The Morgan fingerprint density at radius 2 is 2.07 bits per heavy atom. The molecule has 0 radical (unpaired) electrons. The first-order valence-electron chi connectivity index (χ1n) is 8.45. The smallest absolute Gasteiger partial charge is 0.453 e. The van der Waals surface area contributed by atoms with Gasteiger partial charge in [-0.3, -0.25) is 0 Å². The Kier molecular flexibility index (Phi) is 6.53. The molecule has 11 heteroatoms. The molecule has 0 spiro atoms. The van der Waals surface area contributed by atoms with E-state index in [-0.39, 0.29) is 17.5 Å². The van der Waals surface area contributed by atoms with Gasteiger partial charge in [-0.25, -0.2) is 0 Å². The van der Waals surface area contributed by atoms with Crippen LogP contribution < -0.4 is 4.74 Å². The first-order valence-corrected chi connectivity index (χ1v) is 9.81. The predicted octanol–water partition coefficient (Wildman–Crippen LogP) is 5.42. The number of benzene rings is 1. The van der Waals surface area contributed by atoms with Gasteiger partial charge in [0.2, 0.25) is 5.16 Å². The molecule has 2 aromatic heterocycles. The average molecular weight is 445 g/mol. The third kappa shape index (κ3) is 5.33. The van der Waals surface area contributed by atoms with Crippen molar-refractivity contribution in [1.29, 1.82) is 0 Å². The summed E-state index contributed by atoms with van der Waals surface area (Å²) in [6.45, 7) is 3.80. The Balaban J connectivity index is 1.72. The number of ether oxygens (including phenoxy) is 1. The molecule has 0 atom stereocenters. The number of rotatable bonds is 7. The van der Waals surface area contributed by atoms with E-state index in [1.807, 2.05) is 6.92 Å². The first-order chi connectivity index (χ1) is 13.8. The summed E-state index contributed by atoms with van der Waals surface area (Å²) in [7, 11) is 0. The maximum absolute atomic E-state index is 13.1. The van der Waals surface area contributed by atoms with E-state index in [0.29, 0.717) is 27.0 Å². The monoisotopic (exact) mass is 444 g/mol. The van der Waals surface area contributed by atoms with E-state index in [2.05, 4.69) is 15.3 Å². The van der Waals surface area contributed by atoms with Crippen molar-refractivity contribution >= 4 is 29.6 Å². The fourth-order valence-corrected chi connectivity index (χ4v) is 3.01. The maximum Gasteiger partial charge on any atom is 0.453 e. The predicted molar refractivity (Wildman–Crippen MR) is 104 cm³/mol. The Morgan fingerprint density at radius 3 is 2.76 bits per heavy atom. The summed E-state index contributed by atoms with van der Waals surface area (Å²) >= 11 is 7.08. The Morgan fingerprint density at radius 1 is 1.28 bits per heavy atom. The van der Waals surface area contributed by atoms with Crippen LogP contribution in [0, 0.1) is 6.92 Å². The number of hydrogen-bond acceptors (Lipinski definition) is 6. The van der Waals surface area contributed by atoms with Crippen LogP contribution in [-0.2, 0) is 12.8 Å². The zero-order valence-corrected chi connectivity index (χ0v) is 17.0. The number of aryl methyl sites for hydroxylation is 1. The van der Waals surface area contributed by atoms with Gasteiger partial charge >= 0.3 is 6.18 Å². The van der Waals surface area contributed by atoms with Crippen molar-refractivity contribution in [3.05, 3.63) is 58.3 Å². The molecule has 3 rings (SSSR count). The highest BCUT2D eigenvalue weighted by atomic mass is 35.5. The Bertz CT molecular complexity index is 1020. The van der Waals surface area contributed by atoms with Crippen molar-refractivity contribution in [2.75, 3.05) is 5.75 Å². The zero-order valence-electron chi connectivity index (χ0n) is 15.4. The lowest BCUT2D eigenvalue weighted by Gasteiger charge is -2.06. The van der Waals surface area contributed by atoms with Crippen molar-refractivity contribution in [2.24, 2.45) is 5.10 Å². The molecule has 154 valence electrons. The van der Waals surface area contributed by atoms with E-state index in [1.165, 1.54) is 6.21 Å². The van der Waals surface area contributed by atoms with Crippen molar-refractivity contribution < 1.29 is 22.3 Å². The second-order valence-electron chi connectivity index (χ2n) is 5.80. The van der Waals surface area contributed by atoms with Gasteiger partial charge < -0.3 is 9.15 Å². The molecule has 29 heavy (non-hydrogen) atoms. The normalized spacial score (nSPS) is 12.1. The van der Waals surface area contributed by atoms with Gasteiger partial charge in [0.15, 0.2) is 0 Å². The summed E-state index contributed by atoms with van der Waals surface area (Å²) in [5, 5.41) is 11.3. The Labute approximate surface area is 173 Å². The largest absolute Gasteiger partial charge is 0.486 e. The van der Waals surface area contributed by atoms with Gasteiger partial charge in [0.1, 0.15) is 23.9 Å². The molecule has 0 aliphatic heterocycles. The topological polar surface area (TPSA) is 65.4 Å². The quantitative estimate of drug-likeness (QED) is 0.359. The molecule has 0 saturated carbocycles. The van der Waals surface area contributed by atoms with Gasteiger partial charge in [0.25, 0.3) is 5.82 Å². The van der Waals surface area contributed by atoms with E-state index in [4.69, 9.17) is 20.8 Å². The SMILES string of the molecule is CCSc1nnc(C(F)(F)F)n1N=Cc1ccc(COc2ccc(Cl)c(C)c2)o1. The van der Waals surface area contributed by atoms with Crippen LogP contribution in [0.2, 0.25) is 5.02 Å². The Hall–Kier alpha value is -2.46. The minimum atomic E-state index is -4.67. The molecule has 0 saturated heterocycles. The van der Waals surface area contributed by atoms with Crippen LogP contribution in [-0.4, -0.2) is 26.8 Å². The lowest BCUT2D eigenvalue weighted by atomic mass is 10.2. The van der Waals surface area contributed by atoms with Crippen molar-refractivity contribution in [2.45, 2.75) is 31.8 Å². The van der Waals surface area contributed by atoms with Gasteiger partial charge in [0, 0.05) is 5.02 Å². The van der Waals surface area contributed by atoms with E-state index in [0.717, 1.165) is 17.3 Å². The zero-order chi connectivity index (χ0) is 21.0. The van der Waals surface area contributed by atoms with Crippen LogP contribution in [0.5, 0.6) is 5.75 Å². The summed E-state index contributed by atoms with van der Waals surface area (Å²) in [5.74, 6) is 0.710. The van der Waals surface area contributed by atoms with Crippen molar-refractivity contribution in [1.82, 2.24) is 14.9 Å². The summed E-state index contributed by atoms with van der Waals surface area (Å²) in [6.07, 6.45) is -3.50. The fourth-order valence-electron chi connectivity index (χ4n) is 2.28. The third-order valence-electron chi connectivity index (χ3n) is 3.63. The molecule has 0 aliphatic carbocycles. The molecular formula is C18H16ClF3N4O2S. The molecule has 0 aliphatic rings. The summed E-state index contributed by atoms with van der Waals surface area (Å²) in [6, 6.07) is 8.50. The molecule has 2 heterocycles. The molecule has 0 amide bonds. The van der Waals surface area contributed by atoms with Crippen LogP contribution in [0.3, 0.4) is 0 Å². The van der Waals surface area contributed by atoms with Crippen LogP contribution in [0.25, 0.3) is 0 Å². The first kappa shape index (κ1) is 21.3. The number of hydrogen-bond donors (Lipinski definition) is 0. The van der Waals surface area contributed by atoms with Gasteiger partial charge in [0.05, 0.1) is 6.21 Å². The second kappa shape index (κ2) is 8.91. The second-order valence-corrected chi connectivity index (χ2v) is 7.44. The summed E-state index contributed by atoms with van der Waals surface area (Å²) in [4.78, 5) is 0. The van der Waals surface area contributed by atoms with Crippen molar-refractivity contribution in [3.63, 3.8) is 0 Å². The highest BCUT2D eigenvalue weighted by Gasteiger charge is 2.38. The molecule has 0 fully saturated rings. The molecule has 3 aromatic rings. The number of halogens is 4. The van der Waals surface area contributed by atoms with Gasteiger partial charge in [-0.15, -0.1) is 10.2 Å². The van der Waals surface area contributed by atoms with E-state index in [9.17, 15) is 13.2 Å². The van der Waals surface area contributed by atoms with Crippen molar-refractivity contribution in [3.8, 4) is 5.75 Å². The standard InChI is InChI=1S/C18H16ClF3N4O2S/c1-3-29-17-25-24-16(18(20,21)22)26(17)23-9-13-4-5-14(28-13)10-27-12-6-7-15(19)11(2)8-12/h4-9H,3,10H2,1-2H3. The minimum Gasteiger partial charge on any atom is -0.486 e.